The summed E-state index contributed by atoms with van der Waals surface area (Å²) in [5.74, 6) is 11.0. The third-order valence-electron chi connectivity index (χ3n) is 3.42. The van der Waals surface area contributed by atoms with Gasteiger partial charge in [0.1, 0.15) is 23.5 Å². The van der Waals surface area contributed by atoms with E-state index in [-0.39, 0.29) is 22.7 Å². The molecular weight excluding hydrogens is 338 g/mol. The molecule has 1 aromatic carbocycles. The predicted molar refractivity (Wildman–Crippen MR) is 96.3 cm³/mol. The summed E-state index contributed by atoms with van der Waals surface area (Å²) in [4.78, 5) is 14.9. The van der Waals surface area contributed by atoms with Crippen LogP contribution in [0.1, 0.15) is 16.7 Å². The van der Waals surface area contributed by atoms with Crippen LogP contribution in [0.3, 0.4) is 0 Å². The van der Waals surface area contributed by atoms with E-state index in [0.29, 0.717) is 16.2 Å². The molecule has 0 aliphatic carbocycles. The number of rotatable bonds is 4. The molecule has 126 valence electrons. The predicted octanol–water partition coefficient (Wildman–Crippen LogP) is 0.921. The molecule has 0 saturated carbocycles. The van der Waals surface area contributed by atoms with E-state index in [1.165, 1.54) is 0 Å². The summed E-state index contributed by atoms with van der Waals surface area (Å²) in [6, 6.07) is 11.2. The minimum absolute atomic E-state index is 0.102. The number of nitrogens with one attached hydrogen (secondary N) is 2. The van der Waals surface area contributed by atoms with Crippen LogP contribution in [0.2, 0.25) is 0 Å². The first-order chi connectivity index (χ1) is 12.0. The Morgan fingerprint density at radius 3 is 2.44 bits per heavy atom. The van der Waals surface area contributed by atoms with Crippen molar-refractivity contribution in [2.24, 2.45) is 16.8 Å². The van der Waals surface area contributed by atoms with Gasteiger partial charge in [0.15, 0.2) is 0 Å². The molecule has 0 fully saturated rings. The first-order valence-corrected chi connectivity index (χ1v) is 8.08. The molecule has 0 amide bonds. The first kappa shape index (κ1) is 18.1. The van der Waals surface area contributed by atoms with Crippen molar-refractivity contribution >= 4 is 17.6 Å². The zero-order chi connectivity index (χ0) is 18.4. The molecule has 8 nitrogen and oxygen atoms in total. The minimum Gasteiger partial charge on any atom is -0.322 e. The number of nitrogens with zero attached hydrogens (tertiary/aromatic N) is 3. The van der Waals surface area contributed by atoms with Gasteiger partial charge in [-0.1, -0.05) is 41.6 Å². The van der Waals surface area contributed by atoms with Gasteiger partial charge < -0.3 is 16.3 Å². The molecule has 6 N–H and O–H groups in total. The van der Waals surface area contributed by atoms with E-state index in [1.807, 2.05) is 25.1 Å². The SMILES string of the molecule is Cc1ccc(-c2c(C#N)c(SC/C(=N/N)NN)[nH]c(=O)c2C#N)cc1. The fourth-order valence-electron chi connectivity index (χ4n) is 2.17. The Hall–Kier alpha value is -3.27. The lowest BCUT2D eigenvalue weighted by molar-refractivity contribution is 0.995. The Labute approximate surface area is 148 Å². The Kier molecular flexibility index (Phi) is 5.79. The van der Waals surface area contributed by atoms with E-state index < -0.39 is 5.56 Å². The number of hydrogen-bond donors (Lipinski definition) is 4. The average Bonchev–Trinajstić information content (AvgIpc) is 2.62. The number of benzene rings is 1. The Bertz CT molecular complexity index is 949. The number of amidine groups is 1. The number of pyridine rings is 1. The number of aryl methyl sites for hydroxylation is 1. The Morgan fingerprint density at radius 2 is 1.92 bits per heavy atom. The van der Waals surface area contributed by atoms with Gasteiger partial charge >= 0.3 is 0 Å². The van der Waals surface area contributed by atoms with Crippen molar-refractivity contribution in [2.45, 2.75) is 11.9 Å². The summed E-state index contributed by atoms with van der Waals surface area (Å²) in [5.41, 5.74) is 3.82. The molecule has 0 aliphatic heterocycles. The van der Waals surface area contributed by atoms with E-state index in [1.54, 1.807) is 12.1 Å². The Morgan fingerprint density at radius 1 is 1.28 bits per heavy atom. The van der Waals surface area contributed by atoms with E-state index in [0.717, 1.165) is 17.3 Å². The number of nitrogens with two attached hydrogens (primary N) is 2. The molecule has 0 radical (unpaired) electrons. The molecule has 0 aliphatic rings. The van der Waals surface area contributed by atoms with Gasteiger partial charge in [-0.3, -0.25) is 4.79 Å². The summed E-state index contributed by atoms with van der Waals surface area (Å²) in [6.07, 6.45) is 0. The standard InChI is InChI=1S/C16H15N7OS/c1-9-2-4-10(5-3-9)14-11(6-17)15(24)21-16(12(14)7-18)25-8-13(22-19)23-20/h2-5H,8,19-20H2,1H3,(H,21,24)(H,22,23). The van der Waals surface area contributed by atoms with Crippen molar-refractivity contribution in [1.82, 2.24) is 10.4 Å². The second kappa shape index (κ2) is 8.02. The molecule has 2 rings (SSSR count). The van der Waals surface area contributed by atoms with Crippen molar-refractivity contribution in [1.29, 1.82) is 10.5 Å². The second-order valence-electron chi connectivity index (χ2n) is 5.01. The first-order valence-electron chi connectivity index (χ1n) is 7.09. The summed E-state index contributed by atoms with van der Waals surface area (Å²) < 4.78 is 0. The number of aromatic amines is 1. The molecule has 9 heteroatoms. The summed E-state index contributed by atoms with van der Waals surface area (Å²) >= 11 is 1.13. The van der Waals surface area contributed by atoms with Gasteiger partial charge in [0, 0.05) is 5.56 Å². The van der Waals surface area contributed by atoms with E-state index in [4.69, 9.17) is 11.7 Å². The lowest BCUT2D eigenvalue weighted by Gasteiger charge is -2.11. The molecule has 0 unspecified atom stereocenters. The van der Waals surface area contributed by atoms with E-state index >= 15 is 0 Å². The molecule has 2 aromatic rings. The van der Waals surface area contributed by atoms with Crippen LogP contribution in [0.4, 0.5) is 0 Å². The number of aromatic nitrogens is 1. The van der Waals surface area contributed by atoms with Gasteiger partial charge in [0.25, 0.3) is 5.56 Å². The third-order valence-corrected chi connectivity index (χ3v) is 4.43. The highest BCUT2D eigenvalue weighted by Gasteiger charge is 2.19. The normalized spacial score (nSPS) is 10.8. The van der Waals surface area contributed by atoms with Crippen LogP contribution in [0.25, 0.3) is 11.1 Å². The maximum atomic E-state index is 12.3. The number of thioether (sulfide) groups is 1. The average molecular weight is 353 g/mol. The van der Waals surface area contributed by atoms with Gasteiger partial charge in [0.2, 0.25) is 0 Å². The lowest BCUT2D eigenvalue weighted by Crippen LogP contribution is -2.33. The van der Waals surface area contributed by atoms with Crippen LogP contribution >= 0.6 is 11.8 Å². The van der Waals surface area contributed by atoms with Crippen LogP contribution in [0.5, 0.6) is 0 Å². The topological polar surface area (TPSA) is 157 Å². The Balaban J connectivity index is 2.65. The molecule has 25 heavy (non-hydrogen) atoms. The monoisotopic (exact) mass is 353 g/mol. The van der Waals surface area contributed by atoms with Gasteiger partial charge in [-0.15, -0.1) is 0 Å². The van der Waals surface area contributed by atoms with Gasteiger partial charge in [0.05, 0.1) is 16.3 Å². The summed E-state index contributed by atoms with van der Waals surface area (Å²) in [6.45, 7) is 1.92. The summed E-state index contributed by atoms with van der Waals surface area (Å²) in [7, 11) is 0. The molecule has 0 saturated heterocycles. The van der Waals surface area contributed by atoms with Crippen LogP contribution < -0.4 is 22.7 Å². The highest BCUT2D eigenvalue weighted by atomic mass is 32.2. The second-order valence-corrected chi connectivity index (χ2v) is 5.99. The zero-order valence-electron chi connectivity index (χ0n) is 13.3. The number of hydrogen-bond acceptors (Lipinski definition) is 7. The van der Waals surface area contributed by atoms with Crippen molar-refractivity contribution < 1.29 is 0 Å². The number of hydrazine groups is 1. The van der Waals surface area contributed by atoms with Gasteiger partial charge in [-0.05, 0) is 12.5 Å². The van der Waals surface area contributed by atoms with Crippen molar-refractivity contribution in [3.63, 3.8) is 0 Å². The maximum absolute atomic E-state index is 12.3. The van der Waals surface area contributed by atoms with Gasteiger partial charge in [-0.25, -0.2) is 5.84 Å². The smallest absolute Gasteiger partial charge is 0.267 e. The highest BCUT2D eigenvalue weighted by Crippen LogP contribution is 2.31. The quantitative estimate of drug-likeness (QED) is 0.209. The van der Waals surface area contributed by atoms with E-state index in [9.17, 15) is 15.3 Å². The molecule has 1 aromatic heterocycles. The van der Waals surface area contributed by atoms with Crippen molar-refractivity contribution in [3.8, 4) is 23.3 Å². The third kappa shape index (κ3) is 3.80. The minimum atomic E-state index is -0.563. The summed E-state index contributed by atoms with van der Waals surface area (Å²) in [5, 5.41) is 22.8. The maximum Gasteiger partial charge on any atom is 0.267 e. The fourth-order valence-corrected chi connectivity index (χ4v) is 3.06. The van der Waals surface area contributed by atoms with Gasteiger partial charge in [-0.2, -0.15) is 15.6 Å². The molecule has 0 bridgehead atoms. The molecular formula is C16H15N7OS. The molecule has 0 spiro atoms. The molecule has 0 atom stereocenters. The van der Waals surface area contributed by atoms with Crippen LogP contribution in [0.15, 0.2) is 39.2 Å². The lowest BCUT2D eigenvalue weighted by atomic mass is 9.97. The molecule has 1 heterocycles. The van der Waals surface area contributed by atoms with Crippen molar-refractivity contribution in [3.05, 3.63) is 51.3 Å². The van der Waals surface area contributed by atoms with Crippen molar-refractivity contribution in [2.75, 3.05) is 5.75 Å². The number of H-pyrrole nitrogens is 1. The number of hydrazone groups is 1. The largest absolute Gasteiger partial charge is 0.322 e. The number of nitriles is 2. The van der Waals surface area contributed by atoms with Crippen LogP contribution in [0, 0.1) is 29.6 Å². The van der Waals surface area contributed by atoms with E-state index in [2.05, 4.69) is 21.6 Å². The zero-order valence-corrected chi connectivity index (χ0v) is 14.1. The fraction of sp³-hybridized carbons (Fsp3) is 0.125. The van der Waals surface area contributed by atoms with Crippen LogP contribution in [-0.2, 0) is 0 Å². The highest BCUT2D eigenvalue weighted by molar-refractivity contribution is 8.00. The van der Waals surface area contributed by atoms with Crippen LogP contribution in [-0.4, -0.2) is 16.6 Å².